The highest BCUT2D eigenvalue weighted by molar-refractivity contribution is 6.17. The average molecular weight is 321 g/mol. The summed E-state index contributed by atoms with van der Waals surface area (Å²) in [7, 11) is 0. The second kappa shape index (κ2) is 6.98. The molecule has 0 aliphatic carbocycles. The predicted molar refractivity (Wildman–Crippen MR) is 75.7 cm³/mol. The molecule has 2 heterocycles. The first kappa shape index (κ1) is 15.9. The third-order valence-electron chi connectivity index (χ3n) is 3.03. The van der Waals surface area contributed by atoms with E-state index in [2.05, 4.69) is 15.4 Å². The Hall–Kier alpha value is -1.50. The molecule has 0 aliphatic rings. The third kappa shape index (κ3) is 4.23. The monoisotopic (exact) mass is 320 g/mol. The summed E-state index contributed by atoms with van der Waals surface area (Å²) in [5.41, 5.74) is -0.591. The van der Waals surface area contributed by atoms with Crippen molar-refractivity contribution in [1.82, 2.24) is 14.6 Å². The van der Waals surface area contributed by atoms with Crippen molar-refractivity contribution in [3.63, 3.8) is 0 Å². The predicted octanol–water partition coefficient (Wildman–Crippen LogP) is 3.96. The van der Waals surface area contributed by atoms with Gasteiger partial charge in [0.05, 0.1) is 0 Å². The smallest absolute Gasteiger partial charge is 0.368 e. The molecule has 0 spiro atoms. The first-order valence-electron chi connectivity index (χ1n) is 6.74. The maximum atomic E-state index is 12.7. The van der Waals surface area contributed by atoms with E-state index in [1.54, 1.807) is 0 Å². The molecule has 8 heteroatoms. The second-order valence-corrected chi connectivity index (χ2v) is 5.04. The lowest BCUT2D eigenvalue weighted by atomic mass is 10.2. The van der Waals surface area contributed by atoms with E-state index < -0.39 is 11.9 Å². The zero-order chi connectivity index (χ0) is 15.3. The van der Waals surface area contributed by atoms with Crippen molar-refractivity contribution < 1.29 is 13.2 Å². The number of unbranched alkanes of at least 4 members (excludes halogenated alkanes) is 3. The topological polar surface area (TPSA) is 42.2 Å². The Morgan fingerprint density at radius 2 is 1.95 bits per heavy atom. The van der Waals surface area contributed by atoms with E-state index in [1.807, 2.05) is 0 Å². The number of halogens is 4. The van der Waals surface area contributed by atoms with E-state index >= 15 is 0 Å². The van der Waals surface area contributed by atoms with Crippen molar-refractivity contribution in [3.8, 4) is 0 Å². The molecule has 0 amide bonds. The highest BCUT2D eigenvalue weighted by atomic mass is 35.5. The number of anilines is 1. The maximum absolute atomic E-state index is 12.7. The van der Waals surface area contributed by atoms with E-state index in [0.29, 0.717) is 23.8 Å². The van der Waals surface area contributed by atoms with Crippen LogP contribution in [-0.2, 0) is 6.18 Å². The number of alkyl halides is 4. The van der Waals surface area contributed by atoms with Crippen LogP contribution in [0.15, 0.2) is 18.5 Å². The minimum Gasteiger partial charge on any atom is -0.368 e. The summed E-state index contributed by atoms with van der Waals surface area (Å²) in [5, 5.41) is 6.57. The Morgan fingerprint density at radius 3 is 2.67 bits per heavy atom. The fourth-order valence-electron chi connectivity index (χ4n) is 1.98. The van der Waals surface area contributed by atoms with Crippen LogP contribution in [0.2, 0.25) is 0 Å². The van der Waals surface area contributed by atoms with Crippen LogP contribution in [0.25, 0.3) is 5.52 Å². The Labute approximate surface area is 125 Å². The summed E-state index contributed by atoms with van der Waals surface area (Å²) in [6.07, 6.45) is 2.34. The van der Waals surface area contributed by atoms with E-state index in [4.69, 9.17) is 11.6 Å². The van der Waals surface area contributed by atoms with Gasteiger partial charge in [0.15, 0.2) is 11.5 Å². The van der Waals surface area contributed by atoms with Gasteiger partial charge in [0, 0.05) is 30.9 Å². The van der Waals surface area contributed by atoms with Gasteiger partial charge in [-0.15, -0.1) is 11.6 Å². The quantitative estimate of drug-likeness (QED) is 0.620. The Kier molecular flexibility index (Phi) is 5.27. The van der Waals surface area contributed by atoms with E-state index in [0.717, 1.165) is 31.7 Å². The molecule has 2 aromatic rings. The normalized spacial score (nSPS) is 12.0. The van der Waals surface area contributed by atoms with Gasteiger partial charge in [0.2, 0.25) is 0 Å². The summed E-state index contributed by atoms with van der Waals surface area (Å²) in [5.74, 6) is 1.07. The van der Waals surface area contributed by atoms with E-state index in [1.165, 1.54) is 16.9 Å². The molecule has 0 aliphatic heterocycles. The molecular weight excluding hydrogens is 305 g/mol. The number of nitrogens with zero attached hydrogens (tertiary/aromatic N) is 3. The molecular formula is C13H16ClF3N4. The van der Waals surface area contributed by atoms with Crippen molar-refractivity contribution >= 4 is 22.9 Å². The van der Waals surface area contributed by atoms with Crippen LogP contribution < -0.4 is 5.32 Å². The van der Waals surface area contributed by atoms with Gasteiger partial charge >= 0.3 is 6.18 Å². The molecule has 0 atom stereocenters. The van der Waals surface area contributed by atoms with Crippen molar-refractivity contribution in [2.75, 3.05) is 17.7 Å². The standard InChI is InChI=1S/C13H16ClF3N4/c14-5-3-1-2-4-6-18-12-10-9-11(13(15,16)17)20-21(10)8-7-19-12/h7-9H,1-6H2,(H,18,19). The lowest BCUT2D eigenvalue weighted by molar-refractivity contribution is -0.141. The second-order valence-electron chi connectivity index (χ2n) is 4.66. The molecule has 1 N–H and O–H groups in total. The summed E-state index contributed by atoms with van der Waals surface area (Å²) >= 11 is 5.59. The van der Waals surface area contributed by atoms with Crippen LogP contribution >= 0.6 is 11.6 Å². The van der Waals surface area contributed by atoms with Crippen LogP contribution in [0.4, 0.5) is 19.0 Å². The van der Waals surface area contributed by atoms with Crippen molar-refractivity contribution in [2.45, 2.75) is 31.9 Å². The Bertz CT molecular complexity index is 582. The molecule has 0 fully saturated rings. The van der Waals surface area contributed by atoms with E-state index in [-0.39, 0.29) is 0 Å². The summed E-state index contributed by atoms with van der Waals surface area (Å²) in [6, 6.07) is 1.00. The number of rotatable bonds is 7. The number of aromatic nitrogens is 3. The molecule has 0 bridgehead atoms. The Morgan fingerprint density at radius 1 is 1.19 bits per heavy atom. The van der Waals surface area contributed by atoms with Crippen LogP contribution in [0, 0.1) is 0 Å². The van der Waals surface area contributed by atoms with Crippen LogP contribution in [0.1, 0.15) is 31.4 Å². The summed E-state index contributed by atoms with van der Waals surface area (Å²) in [6.45, 7) is 0.654. The largest absolute Gasteiger partial charge is 0.435 e. The highest BCUT2D eigenvalue weighted by Gasteiger charge is 2.34. The fourth-order valence-corrected chi connectivity index (χ4v) is 2.17. The fraction of sp³-hybridized carbons (Fsp3) is 0.538. The molecule has 0 saturated carbocycles. The summed E-state index contributed by atoms with van der Waals surface area (Å²) < 4.78 is 39.2. The molecule has 0 aromatic carbocycles. The molecule has 0 radical (unpaired) electrons. The van der Waals surface area contributed by atoms with Crippen molar-refractivity contribution in [2.24, 2.45) is 0 Å². The number of hydrogen-bond acceptors (Lipinski definition) is 3. The average Bonchev–Trinajstić information content (AvgIpc) is 2.87. The van der Waals surface area contributed by atoms with Crippen LogP contribution in [0.3, 0.4) is 0 Å². The van der Waals surface area contributed by atoms with Gasteiger partial charge in [-0.05, 0) is 12.8 Å². The van der Waals surface area contributed by atoms with Gasteiger partial charge in [-0.2, -0.15) is 18.3 Å². The van der Waals surface area contributed by atoms with Gasteiger partial charge in [-0.3, -0.25) is 0 Å². The zero-order valence-electron chi connectivity index (χ0n) is 11.3. The van der Waals surface area contributed by atoms with Gasteiger partial charge in [0.1, 0.15) is 5.52 Å². The van der Waals surface area contributed by atoms with Gasteiger partial charge in [-0.1, -0.05) is 12.8 Å². The van der Waals surface area contributed by atoms with Gasteiger partial charge in [0.25, 0.3) is 0 Å². The molecule has 21 heavy (non-hydrogen) atoms. The van der Waals surface area contributed by atoms with Gasteiger partial charge < -0.3 is 5.32 Å². The van der Waals surface area contributed by atoms with Crippen LogP contribution in [0.5, 0.6) is 0 Å². The number of nitrogens with one attached hydrogen (secondary N) is 1. The SMILES string of the molecule is FC(F)(F)c1cc2c(NCCCCCCCl)nccn2n1. The first-order chi connectivity index (χ1) is 10.0. The van der Waals surface area contributed by atoms with Crippen molar-refractivity contribution in [3.05, 3.63) is 24.2 Å². The minimum atomic E-state index is -4.45. The van der Waals surface area contributed by atoms with Crippen molar-refractivity contribution in [1.29, 1.82) is 0 Å². The number of fused-ring (bicyclic) bond motifs is 1. The maximum Gasteiger partial charge on any atom is 0.435 e. The molecule has 4 nitrogen and oxygen atoms in total. The summed E-state index contributed by atoms with van der Waals surface area (Å²) in [4.78, 5) is 4.08. The minimum absolute atomic E-state index is 0.325. The molecule has 2 aromatic heterocycles. The van der Waals surface area contributed by atoms with E-state index in [9.17, 15) is 13.2 Å². The lowest BCUT2D eigenvalue weighted by Crippen LogP contribution is -2.06. The Balaban J connectivity index is 2.01. The highest BCUT2D eigenvalue weighted by Crippen LogP contribution is 2.29. The molecule has 116 valence electrons. The third-order valence-corrected chi connectivity index (χ3v) is 3.30. The zero-order valence-corrected chi connectivity index (χ0v) is 12.1. The molecule has 2 rings (SSSR count). The lowest BCUT2D eigenvalue weighted by Gasteiger charge is -2.06. The van der Waals surface area contributed by atoms with Crippen LogP contribution in [-0.4, -0.2) is 27.0 Å². The molecule has 0 saturated heterocycles. The van der Waals surface area contributed by atoms with Gasteiger partial charge in [-0.25, -0.2) is 9.50 Å². The number of hydrogen-bond donors (Lipinski definition) is 1. The first-order valence-corrected chi connectivity index (χ1v) is 7.27. The molecule has 0 unspecified atom stereocenters.